The monoisotopic (exact) mass is 412 g/mol. The summed E-state index contributed by atoms with van der Waals surface area (Å²) in [5.41, 5.74) is 2.80. The number of thioether (sulfide) groups is 1. The van der Waals surface area contributed by atoms with Gasteiger partial charge in [0.15, 0.2) is 6.29 Å². The summed E-state index contributed by atoms with van der Waals surface area (Å²) >= 11 is 1.42. The van der Waals surface area contributed by atoms with Crippen LogP contribution in [0, 0.1) is 6.92 Å². The van der Waals surface area contributed by atoms with Crippen LogP contribution in [-0.2, 0) is 19.1 Å². The number of fused-ring (bicyclic) bond motifs is 1. The van der Waals surface area contributed by atoms with Crippen LogP contribution in [0.4, 0.5) is 5.69 Å². The Kier molecular flexibility index (Phi) is 7.09. The number of methoxy groups -OCH3 is 2. The number of carbonyl (C=O) groups excluding carboxylic acids is 2. The predicted molar refractivity (Wildman–Crippen MR) is 115 cm³/mol. The summed E-state index contributed by atoms with van der Waals surface area (Å²) in [6, 6.07) is 15.5. The number of rotatable bonds is 7. The van der Waals surface area contributed by atoms with Crippen LogP contribution < -0.4 is 10.2 Å². The molecule has 0 aromatic heterocycles. The van der Waals surface area contributed by atoms with Gasteiger partial charge in [0, 0.05) is 19.1 Å². The lowest BCUT2D eigenvalue weighted by atomic mass is 10.1. The van der Waals surface area contributed by atoms with Gasteiger partial charge in [-0.15, -0.1) is 0 Å². The average molecular weight is 413 g/mol. The van der Waals surface area contributed by atoms with E-state index in [1.165, 1.54) is 30.9 Å². The highest BCUT2D eigenvalue weighted by atomic mass is 32.2. The molecule has 1 N–H and O–H groups in total. The van der Waals surface area contributed by atoms with Crippen LogP contribution in [0.3, 0.4) is 0 Å². The van der Waals surface area contributed by atoms with Crippen molar-refractivity contribution >= 4 is 35.3 Å². The Morgan fingerprint density at radius 2 is 1.83 bits per heavy atom. The molecule has 29 heavy (non-hydrogen) atoms. The van der Waals surface area contributed by atoms with E-state index in [-0.39, 0.29) is 24.9 Å². The molecule has 152 valence electrons. The lowest BCUT2D eigenvalue weighted by molar-refractivity contribution is -0.127. The van der Waals surface area contributed by atoms with E-state index >= 15 is 0 Å². The van der Waals surface area contributed by atoms with Gasteiger partial charge in [0.2, 0.25) is 5.91 Å². The number of hydrogen-bond acceptors (Lipinski definition) is 5. The number of aryl methyl sites for hydroxylation is 1. The highest BCUT2D eigenvalue weighted by molar-refractivity contribution is 8.04. The van der Waals surface area contributed by atoms with Crippen LogP contribution in [0.15, 0.2) is 58.3 Å². The first kappa shape index (κ1) is 21.1. The van der Waals surface area contributed by atoms with Gasteiger partial charge in [0.25, 0.3) is 5.91 Å². The molecule has 2 amide bonds. The fourth-order valence-corrected chi connectivity index (χ4v) is 4.02. The number of amides is 2. The molecule has 0 spiro atoms. The summed E-state index contributed by atoms with van der Waals surface area (Å²) in [6.07, 6.45) is 1.35. The Morgan fingerprint density at radius 3 is 2.55 bits per heavy atom. The predicted octanol–water partition coefficient (Wildman–Crippen LogP) is 3.21. The van der Waals surface area contributed by atoms with Crippen LogP contribution >= 0.6 is 11.8 Å². The van der Waals surface area contributed by atoms with Gasteiger partial charge in [0.05, 0.1) is 17.1 Å². The van der Waals surface area contributed by atoms with E-state index in [4.69, 9.17) is 9.47 Å². The summed E-state index contributed by atoms with van der Waals surface area (Å²) in [5.74, 6) is -0.475. The molecule has 0 aliphatic carbocycles. The first-order chi connectivity index (χ1) is 14.0. The van der Waals surface area contributed by atoms with E-state index in [1.54, 1.807) is 0 Å². The number of nitrogens with one attached hydrogen (secondary N) is 1. The first-order valence-corrected chi connectivity index (χ1v) is 10.0. The molecule has 0 radical (unpaired) electrons. The van der Waals surface area contributed by atoms with E-state index in [1.807, 2.05) is 61.5 Å². The third-order valence-corrected chi connectivity index (χ3v) is 5.68. The molecule has 3 rings (SSSR count). The molecule has 7 heteroatoms. The summed E-state index contributed by atoms with van der Waals surface area (Å²) in [7, 11) is 3.01. The topological polar surface area (TPSA) is 67.9 Å². The van der Waals surface area contributed by atoms with Gasteiger partial charge >= 0.3 is 0 Å². The van der Waals surface area contributed by atoms with Crippen molar-refractivity contribution in [3.05, 3.63) is 64.6 Å². The van der Waals surface area contributed by atoms with Crippen molar-refractivity contribution in [1.82, 2.24) is 5.32 Å². The van der Waals surface area contributed by atoms with E-state index in [0.717, 1.165) is 21.7 Å². The molecule has 6 nitrogen and oxygen atoms in total. The highest BCUT2D eigenvalue weighted by Crippen LogP contribution is 2.42. The van der Waals surface area contributed by atoms with Crippen molar-refractivity contribution < 1.29 is 19.1 Å². The Labute approximate surface area is 174 Å². The third-order valence-electron chi connectivity index (χ3n) is 4.60. The van der Waals surface area contributed by atoms with Crippen LogP contribution in [0.25, 0.3) is 6.08 Å². The highest BCUT2D eigenvalue weighted by Gasteiger charge is 2.30. The van der Waals surface area contributed by atoms with Gasteiger partial charge in [-0.3, -0.25) is 14.5 Å². The smallest absolute Gasteiger partial charge is 0.265 e. The van der Waals surface area contributed by atoms with Crippen LogP contribution in [0.2, 0.25) is 0 Å². The summed E-state index contributed by atoms with van der Waals surface area (Å²) in [5, 5.41) is 2.75. The molecule has 2 aromatic rings. The molecule has 0 bridgehead atoms. The molecule has 0 saturated carbocycles. The molecular formula is C22H24N2O4S. The molecule has 1 aliphatic heterocycles. The minimum absolute atomic E-state index is 0.0817. The molecule has 0 fully saturated rings. The fourth-order valence-electron chi connectivity index (χ4n) is 2.97. The standard InChI is InChI=1S/C22H24N2O4S/c1-15-8-4-5-9-16(15)12-19-22(26)24(17-10-6-7-11-18(17)29-19)14-20(25)23-13-21(27-2)28-3/h4-12,21H,13-14H2,1-3H3,(H,23,25)/b19-12-. The maximum atomic E-state index is 13.2. The maximum Gasteiger partial charge on any atom is 0.265 e. The number of hydrogen-bond donors (Lipinski definition) is 1. The summed E-state index contributed by atoms with van der Waals surface area (Å²) in [6.45, 7) is 2.13. The van der Waals surface area contributed by atoms with Gasteiger partial charge < -0.3 is 14.8 Å². The minimum atomic E-state index is -0.532. The van der Waals surface area contributed by atoms with Gasteiger partial charge in [-0.25, -0.2) is 0 Å². The van der Waals surface area contributed by atoms with Crippen LogP contribution in [0.5, 0.6) is 0 Å². The lowest BCUT2D eigenvalue weighted by Crippen LogP contribution is -2.44. The van der Waals surface area contributed by atoms with Gasteiger partial charge in [-0.05, 0) is 36.3 Å². The molecule has 2 aromatic carbocycles. The number of benzene rings is 2. The fraction of sp³-hybridized carbons (Fsp3) is 0.273. The Bertz CT molecular complexity index is 925. The molecular weight excluding hydrogens is 388 g/mol. The average Bonchev–Trinajstić information content (AvgIpc) is 2.73. The molecule has 1 aliphatic rings. The SMILES string of the molecule is COC(CNC(=O)CN1C(=O)/C(=C/c2ccccc2C)Sc2ccccc21)OC. The third kappa shape index (κ3) is 5.06. The quantitative estimate of drug-likeness (QED) is 0.559. The largest absolute Gasteiger partial charge is 0.354 e. The minimum Gasteiger partial charge on any atom is -0.354 e. The van der Waals surface area contributed by atoms with Crippen molar-refractivity contribution in [2.45, 2.75) is 18.1 Å². The molecule has 0 saturated heterocycles. The Balaban J connectivity index is 1.84. The van der Waals surface area contributed by atoms with Crippen LogP contribution in [0.1, 0.15) is 11.1 Å². The van der Waals surface area contributed by atoms with Gasteiger partial charge in [-0.1, -0.05) is 48.2 Å². The van der Waals surface area contributed by atoms with Crippen molar-refractivity contribution in [2.24, 2.45) is 0 Å². The Morgan fingerprint density at radius 1 is 1.14 bits per heavy atom. The second-order valence-electron chi connectivity index (χ2n) is 6.53. The van der Waals surface area contributed by atoms with E-state index in [0.29, 0.717) is 4.91 Å². The number of para-hydroxylation sites is 1. The summed E-state index contributed by atoms with van der Waals surface area (Å²) < 4.78 is 10.2. The normalized spacial score (nSPS) is 15.0. The zero-order valence-corrected chi connectivity index (χ0v) is 17.5. The molecule has 0 atom stereocenters. The van der Waals surface area contributed by atoms with E-state index in [2.05, 4.69) is 5.32 Å². The number of nitrogens with zero attached hydrogens (tertiary/aromatic N) is 1. The zero-order chi connectivity index (χ0) is 20.8. The molecule has 1 heterocycles. The summed E-state index contributed by atoms with van der Waals surface area (Å²) in [4.78, 5) is 28.7. The zero-order valence-electron chi connectivity index (χ0n) is 16.7. The van der Waals surface area contributed by atoms with Crippen molar-refractivity contribution in [1.29, 1.82) is 0 Å². The number of ether oxygens (including phenoxy) is 2. The van der Waals surface area contributed by atoms with Crippen molar-refractivity contribution in [3.8, 4) is 0 Å². The van der Waals surface area contributed by atoms with Gasteiger partial charge in [0.1, 0.15) is 6.54 Å². The maximum absolute atomic E-state index is 13.2. The van der Waals surface area contributed by atoms with Crippen molar-refractivity contribution in [2.75, 3.05) is 32.2 Å². The van der Waals surface area contributed by atoms with Gasteiger partial charge in [-0.2, -0.15) is 0 Å². The number of carbonyl (C=O) groups is 2. The lowest BCUT2D eigenvalue weighted by Gasteiger charge is -2.30. The number of anilines is 1. The first-order valence-electron chi connectivity index (χ1n) is 9.22. The van der Waals surface area contributed by atoms with E-state index in [9.17, 15) is 9.59 Å². The van der Waals surface area contributed by atoms with E-state index < -0.39 is 6.29 Å². The second kappa shape index (κ2) is 9.73. The Hall–Kier alpha value is -2.61. The molecule has 0 unspecified atom stereocenters. The van der Waals surface area contributed by atoms with Crippen molar-refractivity contribution in [3.63, 3.8) is 0 Å². The van der Waals surface area contributed by atoms with Crippen LogP contribution in [-0.4, -0.2) is 45.4 Å². The second-order valence-corrected chi connectivity index (χ2v) is 7.62.